The lowest BCUT2D eigenvalue weighted by molar-refractivity contribution is -0.384. The summed E-state index contributed by atoms with van der Waals surface area (Å²) in [5, 5.41) is 10.8. The molecule has 33 heteroatoms. The monoisotopic (exact) mass is 1690 g/mol. The molecule has 6 aromatic carbocycles. The molecule has 0 radical (unpaired) electrons. The first-order valence-corrected chi connectivity index (χ1v) is 40.4. The van der Waals surface area contributed by atoms with E-state index in [1.807, 2.05) is 99.5 Å². The van der Waals surface area contributed by atoms with Gasteiger partial charge in [0.25, 0.3) is 40.4 Å². The number of nitrogens with one attached hydrogen (secondary N) is 5. The van der Waals surface area contributed by atoms with E-state index in [0.717, 1.165) is 66.5 Å². The van der Waals surface area contributed by atoms with Gasteiger partial charge < -0.3 is 35.6 Å². The Morgan fingerprint density at radius 2 is 0.792 bits per heavy atom. The third-order valence-corrected chi connectivity index (χ3v) is 22.2. The molecule has 0 amide bonds. The van der Waals surface area contributed by atoms with Crippen LogP contribution < -0.4 is 10.6 Å². The molecule has 20 rings (SSSR count). The molecule has 632 valence electrons. The molecule has 125 heavy (non-hydrogen) atoms. The highest BCUT2D eigenvalue weighted by molar-refractivity contribution is 6.56. The normalized spacial score (nSPS) is 14.5. The number of carbonyl (C=O) groups excluding carboxylic acids is 14. The summed E-state index contributed by atoms with van der Waals surface area (Å²) in [6.45, 7) is 17.4. The number of nitrogens with two attached hydrogens (primary N) is 1. The quantitative estimate of drug-likeness (QED) is 0.0286. The van der Waals surface area contributed by atoms with Gasteiger partial charge in [0.2, 0.25) is 40.6 Å². The number of hydrogen-bond acceptors (Lipinski definition) is 24. The minimum Gasteiger partial charge on any atom is -0.399 e. The summed E-state index contributed by atoms with van der Waals surface area (Å²) in [7, 11) is 3.79. The fraction of sp³-hybridized carbons (Fsp3) is 0.261. The number of halogens is 2. The van der Waals surface area contributed by atoms with E-state index in [-0.39, 0.29) is 104 Å². The van der Waals surface area contributed by atoms with E-state index in [9.17, 15) is 86.0 Å². The number of aromatic amines is 5. The number of rotatable bonds is 12. The Bertz CT molecular complexity index is 6670. The number of nitrogens with zero attached hydrogens (tertiary/aromatic N) is 9. The van der Waals surface area contributed by atoms with Gasteiger partial charge in [-0.3, -0.25) is 81.8 Å². The van der Waals surface area contributed by atoms with Crippen LogP contribution in [0, 0.1) is 33.6 Å². The smallest absolute Gasteiger partial charge is 0.270 e. The maximum absolute atomic E-state index is 13.2. The van der Waals surface area contributed by atoms with Gasteiger partial charge in [-0.2, -0.15) is 0 Å². The maximum Gasteiger partial charge on any atom is 0.270 e. The van der Waals surface area contributed by atoms with Gasteiger partial charge in [0, 0.05) is 160 Å². The number of benzene rings is 6. The number of nitrogen functional groups attached to an aromatic ring is 1. The molecule has 7 N–H and O–H groups in total. The Hall–Kier alpha value is -15.2. The highest BCUT2D eigenvalue weighted by atomic mass is 19.1. The van der Waals surface area contributed by atoms with Gasteiger partial charge in [-0.05, 0) is 116 Å². The van der Waals surface area contributed by atoms with Gasteiger partial charge in [-0.25, -0.2) is 38.7 Å². The predicted molar refractivity (Wildman–Crippen MR) is 450 cm³/mol. The zero-order chi connectivity index (χ0) is 89.6. The summed E-state index contributed by atoms with van der Waals surface area (Å²) < 4.78 is 27.9. The standard InChI is InChI=1S/C23H22N2O4.C16H17N3O2.C14H11FN2O2.C13H9FN2O2.C13H9N3O4.C13H11N3O2/c1-11(2)22-24-18-19(25(22)23(29)14-6-7-14)15-8-3-12(10-17(26)13-4-5-13)9-16(15)20(27)21(18)28;1-8(2)16-17-12-10-6-5-9(19(3)4)7-11(10)14(20)15(21)13(12)18-16;1-6(2)14-16-10-8-4-3-7(15)5-9(8)12(18)13(19)11(10)17-14;1-2-9-15-10-7-4-3-6(14)5-8(7)12(17)13(18)11(10)16-9;1-2-9-14-10-7-4-3-6(16(19)20)5-8(7)12(17)13(18)11(10)15-9;1-2-9-15-10-7-4-3-6(14)5-8(7)12(17)13(18)11(10)16-9/h3,8-9,11,13-14H,4-7,10H2,1-2H3;5-8H,1-4H3,(H,17,18);3-6H,1-2H3,(H,16,17);3-5H,2H2,1H3,(H,15,16);3-5H,2H2,1H3,(H,14,15);3-5H,2,14H2,1H3,(H,15,16). The zero-order valence-electron chi connectivity index (χ0n) is 69.3. The van der Waals surface area contributed by atoms with Crippen molar-refractivity contribution in [1.82, 2.24) is 59.4 Å². The average molecular weight is 1690 g/mol. The van der Waals surface area contributed by atoms with E-state index in [1.54, 1.807) is 34.9 Å². The van der Waals surface area contributed by atoms with Crippen LogP contribution in [0.4, 0.5) is 25.8 Å². The lowest BCUT2D eigenvalue weighted by Gasteiger charge is -2.18. The third kappa shape index (κ3) is 15.5. The molecular weight excluding hydrogens is 1610 g/mol. The lowest BCUT2D eigenvalue weighted by atomic mass is 9.88. The largest absolute Gasteiger partial charge is 0.399 e. The number of Topliss-reactive ketones (excluding diaryl/α,β-unsaturated/α-hetero) is 13. The van der Waals surface area contributed by atoms with Crippen molar-refractivity contribution < 1.29 is 80.8 Å². The van der Waals surface area contributed by atoms with Crippen LogP contribution >= 0.6 is 0 Å². The van der Waals surface area contributed by atoms with Crippen LogP contribution in [0.2, 0.25) is 0 Å². The number of nitro groups is 1. The fourth-order valence-electron chi connectivity index (χ4n) is 15.1. The van der Waals surface area contributed by atoms with Gasteiger partial charge in [-0.1, -0.05) is 74.4 Å². The average Bonchev–Trinajstić information content (AvgIpc) is 1.58. The number of ketones is 13. The second kappa shape index (κ2) is 33.0. The van der Waals surface area contributed by atoms with E-state index in [4.69, 9.17) is 5.73 Å². The Balaban J connectivity index is 0.000000117. The number of fused-ring (bicyclic) bond motifs is 18. The summed E-state index contributed by atoms with van der Waals surface area (Å²) in [4.78, 5) is 224. The number of nitro benzene ring substituents is 1. The highest BCUT2D eigenvalue weighted by Crippen LogP contribution is 2.44. The van der Waals surface area contributed by atoms with Crippen LogP contribution in [0.3, 0.4) is 0 Å². The van der Waals surface area contributed by atoms with Gasteiger partial charge in [-0.15, -0.1) is 0 Å². The first kappa shape index (κ1) is 84.8. The van der Waals surface area contributed by atoms with Crippen molar-refractivity contribution >= 4 is 98.2 Å². The third-order valence-electron chi connectivity index (χ3n) is 22.2. The second-order valence-corrected chi connectivity index (χ2v) is 32.1. The molecule has 0 spiro atoms. The number of hydrogen-bond donors (Lipinski definition) is 6. The van der Waals surface area contributed by atoms with Crippen LogP contribution in [-0.4, -0.2) is 159 Å². The minimum absolute atomic E-state index is 0.0332. The van der Waals surface area contributed by atoms with Gasteiger partial charge >= 0.3 is 0 Å². The topological polar surface area (TPSA) is 473 Å². The minimum atomic E-state index is -0.748. The van der Waals surface area contributed by atoms with Gasteiger partial charge in [0.1, 0.15) is 115 Å². The maximum atomic E-state index is 13.2. The van der Waals surface area contributed by atoms with Crippen molar-refractivity contribution in [3.63, 3.8) is 0 Å². The number of imidazole rings is 6. The first-order chi connectivity index (χ1) is 59.5. The molecule has 0 unspecified atom stereocenters. The molecule has 0 aliphatic heterocycles. The Morgan fingerprint density at radius 3 is 1.20 bits per heavy atom. The van der Waals surface area contributed by atoms with Crippen molar-refractivity contribution in [2.45, 2.75) is 131 Å². The molecule has 2 fully saturated rings. The molecule has 8 aliphatic carbocycles. The van der Waals surface area contributed by atoms with E-state index in [2.05, 4.69) is 54.8 Å². The lowest BCUT2D eigenvalue weighted by Crippen LogP contribution is -2.24. The van der Waals surface area contributed by atoms with Crippen molar-refractivity contribution in [1.29, 1.82) is 0 Å². The molecule has 6 heterocycles. The number of aromatic nitrogens is 12. The van der Waals surface area contributed by atoms with Crippen molar-refractivity contribution in [2.24, 2.45) is 11.8 Å². The first-order valence-electron chi connectivity index (χ1n) is 40.4. The van der Waals surface area contributed by atoms with Crippen molar-refractivity contribution in [3.05, 3.63) is 239 Å². The summed E-state index contributed by atoms with van der Waals surface area (Å²) in [6.07, 6.45) is 5.72. The number of carbonyl (C=O) groups is 14. The van der Waals surface area contributed by atoms with E-state index in [1.165, 1.54) is 42.5 Å². The van der Waals surface area contributed by atoms with Crippen molar-refractivity contribution in [3.8, 4) is 67.5 Å². The molecule has 6 aromatic heterocycles. The summed E-state index contributed by atoms with van der Waals surface area (Å²) in [6, 6.07) is 27.2. The van der Waals surface area contributed by atoms with Crippen LogP contribution in [-0.2, 0) is 30.5 Å². The van der Waals surface area contributed by atoms with Crippen LogP contribution in [0.25, 0.3) is 67.5 Å². The van der Waals surface area contributed by atoms with Crippen LogP contribution in [0.1, 0.15) is 276 Å². The summed E-state index contributed by atoms with van der Waals surface area (Å²) in [5.41, 5.74) is 16.2. The summed E-state index contributed by atoms with van der Waals surface area (Å²) >= 11 is 0. The SMILES string of the molecule is CC(C)c1nc2c([nH]1)C(=O)C(=O)c1cc(F)ccc1-2.CC(C)c1nc2c([nH]1)C(=O)C(=O)c1cc(N(C)C)ccc1-2.CC(C)c1nc2c(n1C(=O)C1CC1)-c1ccc(CC(=O)C3CC3)cc1C(=O)C2=O.CCc1nc2c([nH]1)C(=O)C(=O)c1cc(F)ccc1-2.CCc1nc2c([nH]1)C(=O)C(=O)c1cc(N)ccc1-2.CCc1nc2c([nH]1)C(=O)C(=O)c1cc([N+](=O)[O-])ccc1-2. The summed E-state index contributed by atoms with van der Waals surface area (Å²) in [5.74, 6) is -4.32. The van der Waals surface area contributed by atoms with Gasteiger partial charge in [0.05, 0.1) is 10.6 Å². The molecule has 8 aliphatic rings. The molecule has 2 saturated carbocycles. The highest BCUT2D eigenvalue weighted by Gasteiger charge is 2.44. The molecule has 0 atom stereocenters. The predicted octanol–water partition coefficient (Wildman–Crippen LogP) is 14.7. The molecule has 0 saturated heterocycles. The van der Waals surface area contributed by atoms with Crippen LogP contribution in [0.5, 0.6) is 0 Å². The van der Waals surface area contributed by atoms with E-state index >= 15 is 0 Å². The zero-order valence-corrected chi connectivity index (χ0v) is 69.3. The van der Waals surface area contributed by atoms with Crippen LogP contribution in [0.15, 0.2) is 109 Å². The number of aryl methyl sites for hydroxylation is 3. The number of non-ortho nitro benzene ring substituents is 1. The van der Waals surface area contributed by atoms with E-state index < -0.39 is 86.0 Å². The molecule has 31 nitrogen and oxygen atoms in total. The Labute approximate surface area is 709 Å². The molecule has 0 bridgehead atoms. The van der Waals surface area contributed by atoms with Crippen molar-refractivity contribution in [2.75, 3.05) is 24.7 Å². The second-order valence-electron chi connectivity index (χ2n) is 32.1. The fourth-order valence-corrected chi connectivity index (χ4v) is 15.1. The molecule has 12 aromatic rings. The Kier molecular flexibility index (Phi) is 22.4. The Morgan fingerprint density at radius 1 is 0.424 bits per heavy atom. The van der Waals surface area contributed by atoms with Gasteiger partial charge in [0.15, 0.2) is 0 Å². The number of H-pyrrole nitrogens is 5. The van der Waals surface area contributed by atoms with E-state index in [0.29, 0.717) is 133 Å². The molecular formula is C92H79F2N15O16. The number of anilines is 2.